The van der Waals surface area contributed by atoms with E-state index in [9.17, 15) is 9.90 Å². The Balaban J connectivity index is 2.96. The van der Waals surface area contributed by atoms with E-state index in [1.54, 1.807) is 0 Å². The molecule has 0 radical (unpaired) electrons. The number of likely N-dealkylation sites (N-methyl/N-ethyl adjacent to an activating group) is 1. The summed E-state index contributed by atoms with van der Waals surface area (Å²) in [6, 6.07) is 0. The maximum absolute atomic E-state index is 11.4. The molecule has 4 nitrogen and oxygen atoms in total. The van der Waals surface area contributed by atoms with Crippen LogP contribution in [0, 0.1) is 11.8 Å². The minimum atomic E-state index is -0.662. The van der Waals surface area contributed by atoms with E-state index in [1.807, 2.05) is 0 Å². The smallest absolute Gasteiger partial charge is 0.305 e. The Hall–Kier alpha value is -0.610. The summed E-state index contributed by atoms with van der Waals surface area (Å²) in [5.74, 6) is 0.380. The van der Waals surface area contributed by atoms with Gasteiger partial charge >= 0.3 is 5.97 Å². The Kier molecular flexibility index (Phi) is 6.46. The number of aliphatic carboxylic acids is 1. The van der Waals surface area contributed by atoms with Gasteiger partial charge in [0.1, 0.15) is 0 Å². The average Bonchev–Trinajstić information content (AvgIpc) is 2.26. The summed E-state index contributed by atoms with van der Waals surface area (Å²) < 4.78 is 0. The standard InChI is InChI=1S/C16H32N2O2/c1-13(2)10-16(11-14(3)4,12-15(19)20)18-8-6-17(5)7-9-18/h13-14H,6-12H2,1-5H3,(H,19,20). The Morgan fingerprint density at radius 1 is 1.05 bits per heavy atom. The molecule has 20 heavy (non-hydrogen) atoms. The van der Waals surface area contributed by atoms with E-state index in [0.717, 1.165) is 39.0 Å². The number of rotatable bonds is 7. The molecular formula is C16H32N2O2. The topological polar surface area (TPSA) is 43.8 Å². The molecule has 1 saturated heterocycles. The summed E-state index contributed by atoms with van der Waals surface area (Å²) in [7, 11) is 2.14. The highest BCUT2D eigenvalue weighted by Crippen LogP contribution is 2.35. The minimum absolute atomic E-state index is 0.171. The van der Waals surface area contributed by atoms with Crippen LogP contribution in [0.5, 0.6) is 0 Å². The molecule has 1 aliphatic rings. The molecule has 4 heteroatoms. The number of carbonyl (C=O) groups is 1. The summed E-state index contributed by atoms with van der Waals surface area (Å²) in [6.07, 6.45) is 2.22. The van der Waals surface area contributed by atoms with Crippen LogP contribution >= 0.6 is 0 Å². The molecule has 0 bridgehead atoms. The molecule has 1 fully saturated rings. The highest BCUT2D eigenvalue weighted by molar-refractivity contribution is 5.68. The third kappa shape index (κ3) is 5.06. The van der Waals surface area contributed by atoms with Crippen molar-refractivity contribution < 1.29 is 9.90 Å². The zero-order valence-electron chi connectivity index (χ0n) is 13.9. The van der Waals surface area contributed by atoms with Gasteiger partial charge in [-0.2, -0.15) is 0 Å². The van der Waals surface area contributed by atoms with Gasteiger partial charge in [-0.25, -0.2) is 0 Å². The zero-order chi connectivity index (χ0) is 15.3. The molecular weight excluding hydrogens is 252 g/mol. The second-order valence-electron chi connectivity index (χ2n) is 7.28. The number of hydrogen-bond acceptors (Lipinski definition) is 3. The van der Waals surface area contributed by atoms with Crippen LogP contribution in [-0.2, 0) is 4.79 Å². The third-order valence-electron chi connectivity index (χ3n) is 4.23. The third-order valence-corrected chi connectivity index (χ3v) is 4.23. The Morgan fingerprint density at radius 3 is 1.85 bits per heavy atom. The first-order valence-electron chi connectivity index (χ1n) is 7.90. The zero-order valence-corrected chi connectivity index (χ0v) is 13.9. The first-order chi connectivity index (χ1) is 9.25. The fourth-order valence-electron chi connectivity index (χ4n) is 3.68. The normalized spacial score (nSPS) is 18.9. The van der Waals surface area contributed by atoms with Crippen molar-refractivity contribution in [2.45, 2.75) is 52.5 Å². The predicted octanol–water partition coefficient (Wildman–Crippen LogP) is 2.54. The lowest BCUT2D eigenvalue weighted by Crippen LogP contribution is -2.58. The average molecular weight is 284 g/mol. The van der Waals surface area contributed by atoms with E-state index in [4.69, 9.17) is 0 Å². The van der Waals surface area contributed by atoms with E-state index in [2.05, 4.69) is 44.5 Å². The molecule has 1 heterocycles. The van der Waals surface area contributed by atoms with E-state index < -0.39 is 5.97 Å². The van der Waals surface area contributed by atoms with Crippen molar-refractivity contribution in [2.75, 3.05) is 33.2 Å². The lowest BCUT2D eigenvalue weighted by Gasteiger charge is -2.48. The fraction of sp³-hybridized carbons (Fsp3) is 0.938. The van der Waals surface area contributed by atoms with Gasteiger partial charge in [-0.1, -0.05) is 27.7 Å². The summed E-state index contributed by atoms with van der Waals surface area (Å²) in [5.41, 5.74) is -0.171. The van der Waals surface area contributed by atoms with E-state index in [1.165, 1.54) is 0 Å². The van der Waals surface area contributed by atoms with Crippen LogP contribution in [0.25, 0.3) is 0 Å². The van der Waals surface area contributed by atoms with Gasteiger partial charge in [-0.3, -0.25) is 9.69 Å². The van der Waals surface area contributed by atoms with Gasteiger partial charge in [-0.05, 0) is 31.7 Å². The van der Waals surface area contributed by atoms with E-state index >= 15 is 0 Å². The largest absolute Gasteiger partial charge is 0.481 e. The first-order valence-corrected chi connectivity index (χ1v) is 7.90. The molecule has 1 aliphatic heterocycles. The van der Waals surface area contributed by atoms with Crippen molar-refractivity contribution in [1.82, 2.24) is 9.80 Å². The van der Waals surface area contributed by atoms with Crippen LogP contribution in [0.1, 0.15) is 47.0 Å². The number of hydrogen-bond donors (Lipinski definition) is 1. The lowest BCUT2D eigenvalue weighted by atomic mass is 9.77. The molecule has 0 amide bonds. The maximum Gasteiger partial charge on any atom is 0.305 e. The molecule has 0 unspecified atom stereocenters. The van der Waals surface area contributed by atoms with Gasteiger partial charge in [0.05, 0.1) is 6.42 Å². The van der Waals surface area contributed by atoms with Crippen LogP contribution < -0.4 is 0 Å². The molecule has 118 valence electrons. The lowest BCUT2D eigenvalue weighted by molar-refractivity contribution is -0.142. The molecule has 0 aromatic heterocycles. The number of carboxylic acids is 1. The van der Waals surface area contributed by atoms with Crippen LogP contribution in [-0.4, -0.2) is 59.6 Å². The van der Waals surface area contributed by atoms with Crippen molar-refractivity contribution in [2.24, 2.45) is 11.8 Å². The van der Waals surface area contributed by atoms with E-state index in [-0.39, 0.29) is 12.0 Å². The molecule has 0 spiro atoms. The second-order valence-corrected chi connectivity index (χ2v) is 7.28. The summed E-state index contributed by atoms with van der Waals surface area (Å²) in [6.45, 7) is 12.9. The van der Waals surface area contributed by atoms with Crippen molar-refractivity contribution in [1.29, 1.82) is 0 Å². The number of nitrogens with zero attached hydrogens (tertiary/aromatic N) is 2. The molecule has 0 aromatic rings. The van der Waals surface area contributed by atoms with Crippen molar-refractivity contribution in [3.63, 3.8) is 0 Å². The molecule has 0 atom stereocenters. The van der Waals surface area contributed by atoms with Crippen molar-refractivity contribution in [3.05, 3.63) is 0 Å². The monoisotopic (exact) mass is 284 g/mol. The molecule has 0 aromatic carbocycles. The van der Waals surface area contributed by atoms with Gasteiger partial charge in [0.15, 0.2) is 0 Å². The Bertz CT molecular complexity index is 298. The summed E-state index contributed by atoms with van der Waals surface area (Å²) in [5, 5.41) is 9.42. The Labute approximate surface area is 124 Å². The predicted molar refractivity (Wildman–Crippen MR) is 83.0 cm³/mol. The molecule has 0 aliphatic carbocycles. The SMILES string of the molecule is CC(C)CC(CC(=O)O)(CC(C)C)N1CCN(C)CC1. The van der Waals surface area contributed by atoms with Crippen molar-refractivity contribution >= 4 is 5.97 Å². The first kappa shape index (κ1) is 17.4. The molecule has 0 saturated carbocycles. The summed E-state index contributed by atoms with van der Waals surface area (Å²) >= 11 is 0. The number of piperazine rings is 1. The molecule has 1 rings (SSSR count). The maximum atomic E-state index is 11.4. The molecule has 1 N–H and O–H groups in total. The van der Waals surface area contributed by atoms with Crippen LogP contribution in [0.3, 0.4) is 0 Å². The van der Waals surface area contributed by atoms with Crippen LogP contribution in [0.15, 0.2) is 0 Å². The van der Waals surface area contributed by atoms with Gasteiger partial charge in [-0.15, -0.1) is 0 Å². The van der Waals surface area contributed by atoms with E-state index in [0.29, 0.717) is 11.8 Å². The quantitative estimate of drug-likeness (QED) is 0.780. The minimum Gasteiger partial charge on any atom is -0.481 e. The Morgan fingerprint density at radius 2 is 1.50 bits per heavy atom. The van der Waals surface area contributed by atoms with Gasteiger partial charge in [0, 0.05) is 31.7 Å². The van der Waals surface area contributed by atoms with Crippen molar-refractivity contribution in [3.8, 4) is 0 Å². The second kappa shape index (κ2) is 7.41. The van der Waals surface area contributed by atoms with Gasteiger partial charge < -0.3 is 10.0 Å². The highest BCUT2D eigenvalue weighted by atomic mass is 16.4. The van der Waals surface area contributed by atoms with Gasteiger partial charge in [0.2, 0.25) is 0 Å². The summed E-state index contributed by atoms with van der Waals surface area (Å²) in [4.78, 5) is 16.2. The fourth-order valence-corrected chi connectivity index (χ4v) is 3.68. The van der Waals surface area contributed by atoms with Crippen LogP contribution in [0.2, 0.25) is 0 Å². The van der Waals surface area contributed by atoms with Crippen LogP contribution in [0.4, 0.5) is 0 Å². The van der Waals surface area contributed by atoms with Gasteiger partial charge in [0.25, 0.3) is 0 Å². The number of carboxylic acid groups (broad SMARTS) is 1. The highest BCUT2D eigenvalue weighted by Gasteiger charge is 2.40.